The Kier molecular flexibility index (Phi) is 4.58. The Morgan fingerprint density at radius 1 is 1.00 bits per heavy atom. The van der Waals surface area contributed by atoms with Gasteiger partial charge in [-0.1, -0.05) is 48.5 Å². The molecule has 0 saturated heterocycles. The second kappa shape index (κ2) is 6.39. The number of hydrogen-bond donors (Lipinski definition) is 1. The third kappa shape index (κ3) is 3.83. The highest BCUT2D eigenvalue weighted by Gasteiger charge is 2.08. The average molecular weight is 254 g/mol. The fourth-order valence-electron chi connectivity index (χ4n) is 2.35. The number of benzene rings is 2. The quantitative estimate of drug-likeness (QED) is 0.887. The van der Waals surface area contributed by atoms with Crippen molar-refractivity contribution in [2.75, 3.05) is 11.9 Å². The van der Waals surface area contributed by atoms with Gasteiger partial charge in [0.2, 0.25) is 0 Å². The lowest BCUT2D eigenvalue weighted by atomic mass is 10.0. The Labute approximate surface area is 115 Å². The minimum atomic E-state index is 0.186. The molecule has 0 amide bonds. The van der Waals surface area contributed by atoms with E-state index in [1.54, 1.807) is 0 Å². The third-order valence-electron chi connectivity index (χ3n) is 3.21. The highest BCUT2D eigenvalue weighted by molar-refractivity contribution is 5.53. The van der Waals surface area contributed by atoms with Crippen LogP contribution in [0.1, 0.15) is 18.1 Å². The first-order valence-corrected chi connectivity index (χ1v) is 6.75. The number of nitrogens with zero attached hydrogens (tertiary/aromatic N) is 1. The molecule has 0 saturated carbocycles. The molecule has 2 aromatic rings. The molecule has 100 valence electrons. The van der Waals surface area contributed by atoms with Crippen molar-refractivity contribution in [3.8, 4) is 0 Å². The molecular formula is C17H22N2. The van der Waals surface area contributed by atoms with Crippen LogP contribution >= 0.6 is 0 Å². The Morgan fingerprint density at radius 3 is 2.32 bits per heavy atom. The second-order valence-corrected chi connectivity index (χ2v) is 5.15. The number of anilines is 1. The first kappa shape index (κ1) is 13.6. The van der Waals surface area contributed by atoms with Crippen LogP contribution in [0.15, 0.2) is 54.6 Å². The van der Waals surface area contributed by atoms with E-state index in [4.69, 9.17) is 5.73 Å². The molecule has 0 spiro atoms. The molecule has 0 aliphatic rings. The van der Waals surface area contributed by atoms with Crippen LogP contribution in [0, 0.1) is 0 Å². The third-order valence-corrected chi connectivity index (χ3v) is 3.21. The number of para-hydroxylation sites is 1. The van der Waals surface area contributed by atoms with Crippen LogP contribution in [-0.2, 0) is 13.0 Å². The highest BCUT2D eigenvalue weighted by atomic mass is 15.1. The molecule has 0 aliphatic carbocycles. The topological polar surface area (TPSA) is 29.3 Å². The van der Waals surface area contributed by atoms with Crippen molar-refractivity contribution < 1.29 is 0 Å². The predicted molar refractivity (Wildman–Crippen MR) is 82.3 cm³/mol. The summed E-state index contributed by atoms with van der Waals surface area (Å²) in [6.07, 6.45) is 0.912. The lowest BCUT2D eigenvalue weighted by Crippen LogP contribution is -2.22. The standard InChI is InChI=1S/C17H22N2/c1-14(18)12-16-10-6-7-11-17(16)19(2)13-15-8-4-3-5-9-15/h3-11,14H,12-13,18H2,1-2H3. The van der Waals surface area contributed by atoms with Crippen LogP contribution in [0.25, 0.3) is 0 Å². The summed E-state index contributed by atoms with van der Waals surface area (Å²) >= 11 is 0. The zero-order valence-electron chi connectivity index (χ0n) is 11.7. The Balaban J connectivity index is 2.16. The lowest BCUT2D eigenvalue weighted by molar-refractivity contribution is 0.734. The fraction of sp³-hybridized carbons (Fsp3) is 0.294. The van der Waals surface area contributed by atoms with E-state index < -0.39 is 0 Å². The molecule has 2 nitrogen and oxygen atoms in total. The SMILES string of the molecule is CC(N)Cc1ccccc1N(C)Cc1ccccc1. The van der Waals surface area contributed by atoms with E-state index >= 15 is 0 Å². The van der Waals surface area contributed by atoms with Gasteiger partial charge in [-0.3, -0.25) is 0 Å². The monoisotopic (exact) mass is 254 g/mol. The molecule has 2 heteroatoms. The molecule has 0 heterocycles. The van der Waals surface area contributed by atoms with Crippen molar-refractivity contribution in [2.24, 2.45) is 5.73 Å². The first-order valence-electron chi connectivity index (χ1n) is 6.75. The van der Waals surface area contributed by atoms with Gasteiger partial charge < -0.3 is 10.6 Å². The lowest BCUT2D eigenvalue weighted by Gasteiger charge is -2.23. The molecule has 19 heavy (non-hydrogen) atoms. The van der Waals surface area contributed by atoms with Gasteiger partial charge in [-0.2, -0.15) is 0 Å². The van der Waals surface area contributed by atoms with Crippen LogP contribution < -0.4 is 10.6 Å². The maximum absolute atomic E-state index is 5.93. The van der Waals surface area contributed by atoms with Crippen LogP contribution in [0.3, 0.4) is 0 Å². The molecule has 0 aliphatic heterocycles. The molecule has 2 rings (SSSR count). The molecule has 1 unspecified atom stereocenters. The summed E-state index contributed by atoms with van der Waals surface area (Å²) in [5.41, 5.74) is 9.83. The summed E-state index contributed by atoms with van der Waals surface area (Å²) in [5, 5.41) is 0. The molecule has 1 atom stereocenters. The van der Waals surface area contributed by atoms with Crippen molar-refractivity contribution in [1.82, 2.24) is 0 Å². The Hall–Kier alpha value is -1.80. The highest BCUT2D eigenvalue weighted by Crippen LogP contribution is 2.22. The minimum Gasteiger partial charge on any atom is -0.370 e. The van der Waals surface area contributed by atoms with E-state index in [1.165, 1.54) is 16.8 Å². The molecule has 0 aromatic heterocycles. The number of nitrogens with two attached hydrogens (primary N) is 1. The largest absolute Gasteiger partial charge is 0.370 e. The number of hydrogen-bond acceptors (Lipinski definition) is 2. The van der Waals surface area contributed by atoms with Gasteiger partial charge in [-0.05, 0) is 30.5 Å². The summed E-state index contributed by atoms with van der Waals surface area (Å²) in [5.74, 6) is 0. The van der Waals surface area contributed by atoms with E-state index in [2.05, 4.69) is 60.5 Å². The van der Waals surface area contributed by atoms with Gasteiger partial charge in [0.05, 0.1) is 0 Å². The van der Waals surface area contributed by atoms with Gasteiger partial charge in [0.1, 0.15) is 0 Å². The first-order chi connectivity index (χ1) is 9.16. The van der Waals surface area contributed by atoms with Crippen LogP contribution in [0.5, 0.6) is 0 Å². The van der Waals surface area contributed by atoms with E-state index in [1.807, 2.05) is 13.0 Å². The molecule has 0 radical (unpaired) electrons. The van der Waals surface area contributed by atoms with Crippen molar-refractivity contribution in [3.05, 3.63) is 65.7 Å². The van der Waals surface area contributed by atoms with Gasteiger partial charge in [-0.25, -0.2) is 0 Å². The zero-order valence-corrected chi connectivity index (χ0v) is 11.7. The number of rotatable bonds is 5. The summed E-state index contributed by atoms with van der Waals surface area (Å²) in [7, 11) is 2.13. The second-order valence-electron chi connectivity index (χ2n) is 5.15. The summed E-state index contributed by atoms with van der Waals surface area (Å²) in [6, 6.07) is 19.2. The van der Waals surface area contributed by atoms with Gasteiger partial charge in [0, 0.05) is 25.3 Å². The summed E-state index contributed by atoms with van der Waals surface area (Å²) < 4.78 is 0. The van der Waals surface area contributed by atoms with Gasteiger partial charge in [-0.15, -0.1) is 0 Å². The van der Waals surface area contributed by atoms with Crippen LogP contribution in [0.2, 0.25) is 0 Å². The fourth-order valence-corrected chi connectivity index (χ4v) is 2.35. The smallest absolute Gasteiger partial charge is 0.0426 e. The van der Waals surface area contributed by atoms with Gasteiger partial charge >= 0.3 is 0 Å². The van der Waals surface area contributed by atoms with Crippen LogP contribution in [-0.4, -0.2) is 13.1 Å². The molecule has 2 N–H and O–H groups in total. The van der Waals surface area contributed by atoms with Gasteiger partial charge in [0.15, 0.2) is 0 Å². The molecule has 0 fully saturated rings. The van der Waals surface area contributed by atoms with E-state index in [0.717, 1.165) is 13.0 Å². The van der Waals surface area contributed by atoms with Gasteiger partial charge in [0.25, 0.3) is 0 Å². The van der Waals surface area contributed by atoms with Crippen molar-refractivity contribution in [3.63, 3.8) is 0 Å². The average Bonchev–Trinajstić information content (AvgIpc) is 2.39. The molecular weight excluding hydrogens is 232 g/mol. The van der Waals surface area contributed by atoms with E-state index in [-0.39, 0.29) is 6.04 Å². The van der Waals surface area contributed by atoms with Crippen molar-refractivity contribution >= 4 is 5.69 Å². The van der Waals surface area contributed by atoms with Crippen molar-refractivity contribution in [1.29, 1.82) is 0 Å². The van der Waals surface area contributed by atoms with E-state index in [9.17, 15) is 0 Å². The summed E-state index contributed by atoms with van der Waals surface area (Å²) in [6.45, 7) is 2.96. The maximum atomic E-state index is 5.93. The van der Waals surface area contributed by atoms with Crippen LogP contribution in [0.4, 0.5) is 5.69 Å². The molecule has 0 bridgehead atoms. The molecule has 2 aromatic carbocycles. The van der Waals surface area contributed by atoms with E-state index in [0.29, 0.717) is 0 Å². The maximum Gasteiger partial charge on any atom is 0.0426 e. The summed E-state index contributed by atoms with van der Waals surface area (Å²) in [4.78, 5) is 2.28. The Morgan fingerprint density at radius 2 is 1.63 bits per heavy atom. The normalized spacial score (nSPS) is 12.2. The van der Waals surface area contributed by atoms with Crippen molar-refractivity contribution in [2.45, 2.75) is 25.9 Å². The minimum absolute atomic E-state index is 0.186. The predicted octanol–water partition coefficient (Wildman–Crippen LogP) is 3.21. The Bertz CT molecular complexity index is 506. The zero-order chi connectivity index (χ0) is 13.7.